The Morgan fingerprint density at radius 2 is 1.83 bits per heavy atom. The van der Waals surface area contributed by atoms with E-state index in [9.17, 15) is 4.79 Å². The summed E-state index contributed by atoms with van der Waals surface area (Å²) >= 11 is 5.84. The van der Waals surface area contributed by atoms with E-state index < -0.39 is 0 Å². The maximum atomic E-state index is 12.2. The lowest BCUT2D eigenvalue weighted by Crippen LogP contribution is -2.23. The van der Waals surface area contributed by atoms with Crippen molar-refractivity contribution in [2.75, 3.05) is 0 Å². The van der Waals surface area contributed by atoms with Crippen LogP contribution in [0.2, 0.25) is 5.02 Å². The summed E-state index contributed by atoms with van der Waals surface area (Å²) in [5, 5.41) is 10.5. The molecule has 0 radical (unpaired) electrons. The van der Waals surface area contributed by atoms with Crippen molar-refractivity contribution in [3.63, 3.8) is 0 Å². The molecule has 0 aliphatic heterocycles. The van der Waals surface area contributed by atoms with Crippen LogP contribution in [0.1, 0.15) is 21.6 Å². The van der Waals surface area contributed by atoms with Crippen LogP contribution in [0, 0.1) is 6.92 Å². The Bertz CT molecular complexity index is 807. The molecule has 116 valence electrons. The Labute approximate surface area is 139 Å². The fourth-order valence-corrected chi connectivity index (χ4v) is 2.32. The minimum Gasteiger partial charge on any atom is -0.347 e. The summed E-state index contributed by atoms with van der Waals surface area (Å²) in [7, 11) is 0. The number of rotatable bonds is 4. The lowest BCUT2D eigenvalue weighted by atomic mass is 10.1. The molecular formula is C18H16ClN3O. The van der Waals surface area contributed by atoms with Gasteiger partial charge in [0.15, 0.2) is 0 Å². The highest BCUT2D eigenvalue weighted by Gasteiger charge is 2.10. The molecule has 23 heavy (non-hydrogen) atoms. The minimum atomic E-state index is -0.189. The van der Waals surface area contributed by atoms with Gasteiger partial charge in [0.1, 0.15) is 5.69 Å². The average Bonchev–Trinajstić information content (AvgIpc) is 3.05. The number of benzene rings is 2. The van der Waals surface area contributed by atoms with Crippen molar-refractivity contribution in [1.82, 2.24) is 15.5 Å². The Balaban J connectivity index is 1.66. The Hall–Kier alpha value is -2.59. The summed E-state index contributed by atoms with van der Waals surface area (Å²) in [4.78, 5) is 12.2. The molecule has 0 spiro atoms. The zero-order valence-corrected chi connectivity index (χ0v) is 13.4. The lowest BCUT2D eigenvalue weighted by molar-refractivity contribution is 0.0946. The molecule has 0 unspecified atom stereocenters. The summed E-state index contributed by atoms with van der Waals surface area (Å²) in [6.07, 6.45) is 0. The Kier molecular flexibility index (Phi) is 4.44. The number of carbonyl (C=O) groups excluding carboxylic acids is 1. The van der Waals surface area contributed by atoms with Crippen LogP contribution >= 0.6 is 11.6 Å². The highest BCUT2D eigenvalue weighted by molar-refractivity contribution is 6.30. The van der Waals surface area contributed by atoms with E-state index in [0.717, 1.165) is 16.8 Å². The highest BCUT2D eigenvalue weighted by atomic mass is 35.5. The van der Waals surface area contributed by atoms with Crippen LogP contribution in [0.3, 0.4) is 0 Å². The number of halogens is 1. The second-order valence-corrected chi connectivity index (χ2v) is 5.78. The van der Waals surface area contributed by atoms with Crippen molar-refractivity contribution < 1.29 is 4.79 Å². The normalized spacial score (nSPS) is 10.5. The molecule has 1 heterocycles. The summed E-state index contributed by atoms with van der Waals surface area (Å²) in [6, 6.07) is 17.1. The summed E-state index contributed by atoms with van der Waals surface area (Å²) < 4.78 is 0. The fraction of sp³-hybridized carbons (Fsp3) is 0.111. The van der Waals surface area contributed by atoms with Crippen LogP contribution in [0.25, 0.3) is 11.3 Å². The number of H-pyrrole nitrogens is 1. The molecule has 3 rings (SSSR count). The van der Waals surface area contributed by atoms with E-state index >= 15 is 0 Å². The van der Waals surface area contributed by atoms with Crippen molar-refractivity contribution in [2.45, 2.75) is 13.5 Å². The first-order chi connectivity index (χ1) is 11.1. The van der Waals surface area contributed by atoms with E-state index in [1.165, 1.54) is 5.56 Å². The molecule has 4 nitrogen and oxygen atoms in total. The van der Waals surface area contributed by atoms with Crippen molar-refractivity contribution in [2.24, 2.45) is 0 Å². The van der Waals surface area contributed by atoms with Gasteiger partial charge in [-0.2, -0.15) is 5.10 Å². The molecule has 0 aliphatic carbocycles. The van der Waals surface area contributed by atoms with Crippen LogP contribution in [0.4, 0.5) is 0 Å². The van der Waals surface area contributed by atoms with Gasteiger partial charge in [-0.15, -0.1) is 0 Å². The van der Waals surface area contributed by atoms with Crippen LogP contribution in [0.15, 0.2) is 54.6 Å². The van der Waals surface area contributed by atoms with Crippen LogP contribution in [0.5, 0.6) is 0 Å². The maximum Gasteiger partial charge on any atom is 0.269 e. The number of carbonyl (C=O) groups is 1. The molecule has 0 atom stereocenters. The van der Waals surface area contributed by atoms with Gasteiger partial charge in [-0.3, -0.25) is 9.89 Å². The van der Waals surface area contributed by atoms with Gasteiger partial charge < -0.3 is 5.32 Å². The third kappa shape index (κ3) is 3.79. The first kappa shape index (κ1) is 15.3. The molecular weight excluding hydrogens is 310 g/mol. The third-order valence-corrected chi connectivity index (χ3v) is 3.79. The smallest absolute Gasteiger partial charge is 0.269 e. The number of amides is 1. The van der Waals surface area contributed by atoms with Crippen LogP contribution in [-0.4, -0.2) is 16.1 Å². The van der Waals surface area contributed by atoms with E-state index in [-0.39, 0.29) is 5.91 Å². The predicted molar refractivity (Wildman–Crippen MR) is 91.4 cm³/mol. The molecule has 0 aliphatic rings. The lowest BCUT2D eigenvalue weighted by Gasteiger charge is -2.03. The zero-order chi connectivity index (χ0) is 16.2. The second-order valence-electron chi connectivity index (χ2n) is 5.34. The number of aryl methyl sites for hydroxylation is 1. The molecule has 2 N–H and O–H groups in total. The quantitative estimate of drug-likeness (QED) is 0.762. The number of nitrogens with zero attached hydrogens (tertiary/aromatic N) is 1. The van der Waals surface area contributed by atoms with Gasteiger partial charge in [0.2, 0.25) is 0 Å². The molecule has 1 amide bonds. The van der Waals surface area contributed by atoms with Gasteiger partial charge in [0.05, 0.1) is 5.69 Å². The van der Waals surface area contributed by atoms with Gasteiger partial charge in [-0.05, 0) is 30.7 Å². The van der Waals surface area contributed by atoms with Crippen LogP contribution in [-0.2, 0) is 6.54 Å². The van der Waals surface area contributed by atoms with Crippen molar-refractivity contribution in [3.05, 3.63) is 76.4 Å². The van der Waals surface area contributed by atoms with Crippen molar-refractivity contribution in [1.29, 1.82) is 0 Å². The SMILES string of the molecule is Cc1ccc(-c2cc(C(=O)NCc3ccc(Cl)cc3)[nH]n2)cc1. The van der Waals surface area contributed by atoms with Crippen LogP contribution < -0.4 is 5.32 Å². The molecule has 3 aromatic rings. The Morgan fingerprint density at radius 3 is 2.52 bits per heavy atom. The monoisotopic (exact) mass is 325 g/mol. The minimum absolute atomic E-state index is 0.189. The molecule has 0 saturated heterocycles. The number of hydrogen-bond donors (Lipinski definition) is 2. The second kappa shape index (κ2) is 6.67. The van der Waals surface area contributed by atoms with Gasteiger partial charge in [0, 0.05) is 17.1 Å². The number of hydrogen-bond acceptors (Lipinski definition) is 2. The first-order valence-corrected chi connectivity index (χ1v) is 7.65. The van der Waals surface area contributed by atoms with E-state index in [2.05, 4.69) is 15.5 Å². The Morgan fingerprint density at radius 1 is 1.13 bits per heavy atom. The molecule has 1 aromatic heterocycles. The topological polar surface area (TPSA) is 57.8 Å². The largest absolute Gasteiger partial charge is 0.347 e. The average molecular weight is 326 g/mol. The first-order valence-electron chi connectivity index (χ1n) is 7.27. The van der Waals surface area contributed by atoms with Gasteiger partial charge in [-0.1, -0.05) is 53.6 Å². The summed E-state index contributed by atoms with van der Waals surface area (Å²) in [5.74, 6) is -0.189. The van der Waals surface area contributed by atoms with Crippen molar-refractivity contribution >= 4 is 17.5 Å². The zero-order valence-electron chi connectivity index (χ0n) is 12.6. The standard InChI is InChI=1S/C18H16ClN3O/c1-12-2-6-14(7-3-12)16-10-17(22-21-16)18(23)20-11-13-4-8-15(19)9-5-13/h2-10H,11H2,1H3,(H,20,23)(H,21,22). The third-order valence-electron chi connectivity index (χ3n) is 3.54. The summed E-state index contributed by atoms with van der Waals surface area (Å²) in [5.41, 5.74) is 4.34. The molecule has 0 bridgehead atoms. The fourth-order valence-electron chi connectivity index (χ4n) is 2.19. The van der Waals surface area contributed by atoms with Gasteiger partial charge in [-0.25, -0.2) is 0 Å². The number of aromatic nitrogens is 2. The summed E-state index contributed by atoms with van der Waals surface area (Å²) in [6.45, 7) is 2.47. The van der Waals surface area contributed by atoms with Gasteiger partial charge in [0.25, 0.3) is 5.91 Å². The highest BCUT2D eigenvalue weighted by Crippen LogP contribution is 2.18. The number of nitrogens with one attached hydrogen (secondary N) is 2. The van der Waals surface area contributed by atoms with E-state index in [1.807, 2.05) is 43.3 Å². The number of aromatic amines is 1. The molecule has 0 fully saturated rings. The van der Waals surface area contributed by atoms with E-state index in [4.69, 9.17) is 11.6 Å². The predicted octanol–water partition coefficient (Wildman–Crippen LogP) is 3.97. The molecule has 2 aromatic carbocycles. The van der Waals surface area contributed by atoms with E-state index in [0.29, 0.717) is 17.3 Å². The van der Waals surface area contributed by atoms with Gasteiger partial charge >= 0.3 is 0 Å². The maximum absolute atomic E-state index is 12.2. The molecule has 5 heteroatoms. The van der Waals surface area contributed by atoms with Crippen molar-refractivity contribution in [3.8, 4) is 11.3 Å². The molecule has 0 saturated carbocycles. The van der Waals surface area contributed by atoms with E-state index in [1.54, 1.807) is 18.2 Å².